The highest BCUT2D eigenvalue weighted by molar-refractivity contribution is 5.71. The lowest BCUT2D eigenvalue weighted by Crippen LogP contribution is -2.30. The highest BCUT2D eigenvalue weighted by Crippen LogP contribution is 2.17. The zero-order chi connectivity index (χ0) is 55.0. The fraction of sp³-hybridized carbons (Fsp3) is 0.814. The second kappa shape index (κ2) is 64.6. The van der Waals surface area contributed by atoms with Gasteiger partial charge in [0.25, 0.3) is 0 Å². The van der Waals surface area contributed by atoms with E-state index in [-0.39, 0.29) is 31.1 Å². The van der Waals surface area contributed by atoms with Crippen molar-refractivity contribution in [1.29, 1.82) is 0 Å². The molecular weight excluding hydrogens is 937 g/mol. The molecule has 6 nitrogen and oxygen atoms in total. The largest absolute Gasteiger partial charge is 0.462 e. The molecule has 0 bridgehead atoms. The summed E-state index contributed by atoms with van der Waals surface area (Å²) < 4.78 is 16.9. The normalized spacial score (nSPS) is 12.4. The van der Waals surface area contributed by atoms with E-state index in [1.165, 1.54) is 225 Å². The van der Waals surface area contributed by atoms with Gasteiger partial charge in [-0.1, -0.05) is 306 Å². The van der Waals surface area contributed by atoms with Crippen LogP contribution in [0.4, 0.5) is 0 Å². The Labute approximate surface area is 472 Å². The lowest BCUT2D eigenvalue weighted by molar-refractivity contribution is -0.167. The average Bonchev–Trinajstić information content (AvgIpc) is 3.42. The lowest BCUT2D eigenvalue weighted by Gasteiger charge is -2.18. The van der Waals surface area contributed by atoms with Crippen LogP contribution in [-0.2, 0) is 28.6 Å². The lowest BCUT2D eigenvalue weighted by atomic mass is 10.0. The first-order chi connectivity index (χ1) is 37.5. The molecule has 0 spiro atoms. The quantitative estimate of drug-likeness (QED) is 0.0261. The molecule has 0 saturated carbocycles. The number of esters is 3. The van der Waals surface area contributed by atoms with E-state index in [9.17, 15) is 14.4 Å². The number of hydrogen-bond donors (Lipinski definition) is 0. The van der Waals surface area contributed by atoms with Gasteiger partial charge in [-0.15, -0.1) is 0 Å². The fourth-order valence-electron chi connectivity index (χ4n) is 9.79. The third-order valence-electron chi connectivity index (χ3n) is 14.8. The van der Waals surface area contributed by atoms with E-state index < -0.39 is 6.10 Å². The zero-order valence-corrected chi connectivity index (χ0v) is 50.8. The first-order valence-electron chi connectivity index (χ1n) is 33.3. The van der Waals surface area contributed by atoms with Crippen molar-refractivity contribution in [2.75, 3.05) is 13.2 Å². The Hall–Kier alpha value is -2.89. The molecule has 0 fully saturated rings. The highest BCUT2D eigenvalue weighted by atomic mass is 16.6. The van der Waals surface area contributed by atoms with Crippen LogP contribution in [0.15, 0.2) is 60.8 Å². The number of hydrogen-bond acceptors (Lipinski definition) is 6. The minimum Gasteiger partial charge on any atom is -0.462 e. The van der Waals surface area contributed by atoms with E-state index in [1.54, 1.807) is 0 Å². The summed E-state index contributed by atoms with van der Waals surface area (Å²) in [5, 5.41) is 0. The second-order valence-electron chi connectivity index (χ2n) is 22.4. The molecule has 0 aliphatic carbocycles. The van der Waals surface area contributed by atoms with Crippen molar-refractivity contribution in [2.24, 2.45) is 0 Å². The summed E-state index contributed by atoms with van der Waals surface area (Å²) in [4.78, 5) is 38.3. The van der Waals surface area contributed by atoms with Gasteiger partial charge in [0, 0.05) is 19.3 Å². The Morgan fingerprint density at radius 1 is 0.276 bits per heavy atom. The van der Waals surface area contributed by atoms with Crippen molar-refractivity contribution in [2.45, 2.75) is 354 Å². The maximum Gasteiger partial charge on any atom is 0.306 e. The summed E-state index contributed by atoms with van der Waals surface area (Å²) in [6.45, 7) is 6.56. The van der Waals surface area contributed by atoms with Gasteiger partial charge in [0.2, 0.25) is 0 Å². The summed E-state index contributed by atoms with van der Waals surface area (Å²) in [5.74, 6) is -0.855. The number of carbonyl (C=O) groups is 3. The first kappa shape index (κ1) is 73.1. The van der Waals surface area contributed by atoms with Crippen LogP contribution < -0.4 is 0 Å². The third kappa shape index (κ3) is 62.0. The van der Waals surface area contributed by atoms with Gasteiger partial charge in [0.05, 0.1) is 0 Å². The smallest absolute Gasteiger partial charge is 0.306 e. The number of carbonyl (C=O) groups excluding carboxylic acids is 3. The van der Waals surface area contributed by atoms with Crippen molar-refractivity contribution in [3.8, 4) is 0 Å². The molecule has 76 heavy (non-hydrogen) atoms. The molecule has 0 heterocycles. The molecule has 0 N–H and O–H groups in total. The van der Waals surface area contributed by atoms with Crippen LogP contribution in [0.25, 0.3) is 0 Å². The third-order valence-corrected chi connectivity index (χ3v) is 14.8. The standard InChI is InChI=1S/C70H126O6/c1-4-7-10-13-16-19-22-24-26-28-30-32-34-35-37-38-40-42-44-46-48-51-54-57-60-63-69(72)75-66-67(65-74-68(71)62-59-56-53-50-21-18-15-12-9-6-3)76-70(73)64-61-58-55-52-49-47-45-43-41-39-36-33-31-29-27-25-23-20-17-14-11-8-5-2/h7,10,16,19,24,26,29-32,67H,4-6,8-9,11-15,17-18,20-23,25,27-28,33-66H2,1-3H3/b10-7-,19-16-,26-24-,31-29-,32-30-. The van der Waals surface area contributed by atoms with E-state index in [0.29, 0.717) is 19.3 Å². The fourth-order valence-corrected chi connectivity index (χ4v) is 9.79. The number of unbranched alkanes of at least 4 members (excludes halogenated alkanes) is 40. The second-order valence-corrected chi connectivity index (χ2v) is 22.4. The maximum absolute atomic E-state index is 12.9. The van der Waals surface area contributed by atoms with Gasteiger partial charge in [-0.05, 0) is 83.5 Å². The van der Waals surface area contributed by atoms with Gasteiger partial charge in [0.1, 0.15) is 13.2 Å². The number of allylic oxidation sites excluding steroid dienone is 10. The van der Waals surface area contributed by atoms with E-state index in [2.05, 4.69) is 81.5 Å². The van der Waals surface area contributed by atoms with Crippen LogP contribution in [0.5, 0.6) is 0 Å². The van der Waals surface area contributed by atoms with Crippen LogP contribution in [0.2, 0.25) is 0 Å². The Bertz CT molecular complexity index is 1360. The molecule has 0 aliphatic rings. The highest BCUT2D eigenvalue weighted by Gasteiger charge is 2.19. The van der Waals surface area contributed by atoms with Gasteiger partial charge >= 0.3 is 17.9 Å². The molecule has 0 aromatic rings. The summed E-state index contributed by atoms with van der Waals surface area (Å²) in [6.07, 6.45) is 82.4. The summed E-state index contributed by atoms with van der Waals surface area (Å²) in [5.41, 5.74) is 0. The van der Waals surface area contributed by atoms with E-state index in [1.807, 2.05) is 0 Å². The zero-order valence-electron chi connectivity index (χ0n) is 50.8. The van der Waals surface area contributed by atoms with Gasteiger partial charge < -0.3 is 14.2 Å². The van der Waals surface area contributed by atoms with Crippen LogP contribution in [0, 0.1) is 0 Å². The monoisotopic (exact) mass is 1060 g/mol. The minimum atomic E-state index is -0.773. The van der Waals surface area contributed by atoms with Crippen molar-refractivity contribution in [3.63, 3.8) is 0 Å². The van der Waals surface area contributed by atoms with Crippen LogP contribution in [0.3, 0.4) is 0 Å². The van der Waals surface area contributed by atoms with Gasteiger partial charge in [0.15, 0.2) is 6.10 Å². The molecule has 0 rings (SSSR count). The number of rotatable bonds is 61. The molecule has 1 atom stereocenters. The summed E-state index contributed by atoms with van der Waals surface area (Å²) >= 11 is 0. The maximum atomic E-state index is 12.9. The van der Waals surface area contributed by atoms with E-state index >= 15 is 0 Å². The Morgan fingerprint density at radius 2 is 0.513 bits per heavy atom. The van der Waals surface area contributed by atoms with Crippen LogP contribution >= 0.6 is 0 Å². The molecule has 0 aliphatic heterocycles. The van der Waals surface area contributed by atoms with Crippen molar-refractivity contribution in [1.82, 2.24) is 0 Å². The summed E-state index contributed by atoms with van der Waals surface area (Å²) in [7, 11) is 0. The Balaban J connectivity index is 4.20. The van der Waals surface area contributed by atoms with E-state index in [0.717, 1.165) is 83.5 Å². The number of ether oxygens (including phenoxy) is 3. The van der Waals surface area contributed by atoms with E-state index in [4.69, 9.17) is 14.2 Å². The molecule has 0 aromatic heterocycles. The molecule has 0 amide bonds. The van der Waals surface area contributed by atoms with Gasteiger partial charge in [-0.2, -0.15) is 0 Å². The molecular formula is C70H126O6. The van der Waals surface area contributed by atoms with Crippen molar-refractivity contribution in [3.05, 3.63) is 60.8 Å². The SMILES string of the molecule is CC/C=C\C/C=C\C/C=C\C/C=C\CCCCCCCCCCCCCCC(=O)OCC(COC(=O)CCCCCCCCCCCC)OC(=O)CCCCCCCCCCCCC/C=C\CCCCCCCCCC. The molecule has 1 unspecified atom stereocenters. The average molecular weight is 1060 g/mol. The molecule has 6 heteroatoms. The molecule has 0 aromatic carbocycles. The Morgan fingerprint density at radius 3 is 0.816 bits per heavy atom. The molecule has 0 saturated heterocycles. The van der Waals surface area contributed by atoms with Crippen molar-refractivity contribution >= 4 is 17.9 Å². The van der Waals surface area contributed by atoms with Gasteiger partial charge in [-0.3, -0.25) is 14.4 Å². The first-order valence-corrected chi connectivity index (χ1v) is 33.3. The predicted molar refractivity (Wildman–Crippen MR) is 330 cm³/mol. The van der Waals surface area contributed by atoms with Gasteiger partial charge in [-0.25, -0.2) is 0 Å². The van der Waals surface area contributed by atoms with Crippen molar-refractivity contribution < 1.29 is 28.6 Å². The van der Waals surface area contributed by atoms with Crippen LogP contribution in [-0.4, -0.2) is 37.2 Å². The predicted octanol–water partition coefficient (Wildman–Crippen LogP) is 22.7. The topological polar surface area (TPSA) is 78.9 Å². The molecule has 442 valence electrons. The minimum absolute atomic E-state index is 0.0707. The molecule has 0 radical (unpaired) electrons. The summed E-state index contributed by atoms with van der Waals surface area (Å²) in [6, 6.07) is 0. The Kier molecular flexibility index (Phi) is 62.2. The van der Waals surface area contributed by atoms with Crippen LogP contribution in [0.1, 0.15) is 348 Å².